The van der Waals surface area contributed by atoms with E-state index in [9.17, 15) is 4.79 Å². The van der Waals surface area contributed by atoms with Gasteiger partial charge in [0.25, 0.3) is 5.91 Å². The Morgan fingerprint density at radius 1 is 1.07 bits per heavy atom. The van der Waals surface area contributed by atoms with Crippen molar-refractivity contribution in [3.05, 3.63) is 76.1 Å². The zero-order valence-corrected chi connectivity index (χ0v) is 17.6. The molecule has 0 saturated carbocycles. The highest BCUT2D eigenvalue weighted by Gasteiger charge is 2.12. The standard InChI is InChI=1S/C23H27N3O3/c1-15-6-7-16(2)22(10-15)29-14-19-12-18(8-9-21(19)28-5)23(27)24-13-20-11-17(3)26(4)25-20/h6-12H,13-14H2,1-5H3,(H,24,27). The van der Waals surface area contributed by atoms with Crippen LogP contribution >= 0.6 is 0 Å². The van der Waals surface area contributed by atoms with Crippen molar-refractivity contribution < 1.29 is 14.3 Å². The molecule has 3 aromatic rings. The molecule has 1 amide bonds. The molecule has 0 bridgehead atoms. The number of nitrogens with zero attached hydrogens (tertiary/aromatic N) is 2. The molecule has 3 rings (SSSR count). The van der Waals surface area contributed by atoms with E-state index >= 15 is 0 Å². The molecule has 0 spiro atoms. The molecule has 0 radical (unpaired) electrons. The number of ether oxygens (including phenoxy) is 2. The maximum Gasteiger partial charge on any atom is 0.251 e. The van der Waals surface area contributed by atoms with E-state index in [-0.39, 0.29) is 5.91 Å². The summed E-state index contributed by atoms with van der Waals surface area (Å²) < 4.78 is 13.2. The first-order valence-electron chi connectivity index (χ1n) is 9.52. The van der Waals surface area contributed by atoms with Gasteiger partial charge in [-0.3, -0.25) is 9.48 Å². The summed E-state index contributed by atoms with van der Waals surface area (Å²) >= 11 is 0. The minimum atomic E-state index is -0.163. The van der Waals surface area contributed by atoms with Crippen molar-refractivity contribution in [3.8, 4) is 11.5 Å². The number of aryl methyl sites for hydroxylation is 4. The van der Waals surface area contributed by atoms with Crippen molar-refractivity contribution in [2.75, 3.05) is 7.11 Å². The fourth-order valence-corrected chi connectivity index (χ4v) is 3.05. The van der Waals surface area contributed by atoms with Crippen LogP contribution in [0.2, 0.25) is 0 Å². The van der Waals surface area contributed by atoms with Gasteiger partial charge in [-0.15, -0.1) is 0 Å². The highest BCUT2D eigenvalue weighted by Crippen LogP contribution is 2.25. The van der Waals surface area contributed by atoms with Crippen LogP contribution in [0.4, 0.5) is 0 Å². The molecule has 0 saturated heterocycles. The third kappa shape index (κ3) is 4.96. The zero-order valence-electron chi connectivity index (χ0n) is 17.6. The van der Waals surface area contributed by atoms with Crippen LogP contribution in [0.5, 0.6) is 11.5 Å². The number of methoxy groups -OCH3 is 1. The van der Waals surface area contributed by atoms with Crippen LogP contribution in [0.1, 0.15) is 38.4 Å². The molecule has 2 aromatic carbocycles. The number of nitrogens with one attached hydrogen (secondary N) is 1. The normalized spacial score (nSPS) is 10.7. The Morgan fingerprint density at radius 3 is 2.55 bits per heavy atom. The molecule has 29 heavy (non-hydrogen) atoms. The molecule has 0 atom stereocenters. The Bertz CT molecular complexity index is 1000. The van der Waals surface area contributed by atoms with E-state index in [0.717, 1.165) is 33.8 Å². The minimum absolute atomic E-state index is 0.163. The van der Waals surface area contributed by atoms with Crippen molar-refractivity contribution >= 4 is 5.91 Å². The van der Waals surface area contributed by atoms with E-state index in [1.54, 1.807) is 23.9 Å². The van der Waals surface area contributed by atoms with Gasteiger partial charge in [0.05, 0.1) is 19.3 Å². The molecule has 0 aliphatic heterocycles. The quantitative estimate of drug-likeness (QED) is 0.662. The van der Waals surface area contributed by atoms with Crippen molar-refractivity contribution in [1.29, 1.82) is 0 Å². The van der Waals surface area contributed by atoms with Gasteiger partial charge >= 0.3 is 0 Å². The second-order valence-corrected chi connectivity index (χ2v) is 7.17. The maximum absolute atomic E-state index is 12.6. The van der Waals surface area contributed by atoms with Gasteiger partial charge in [0.2, 0.25) is 0 Å². The minimum Gasteiger partial charge on any atom is -0.496 e. The predicted molar refractivity (Wildman–Crippen MR) is 112 cm³/mol. The summed E-state index contributed by atoms with van der Waals surface area (Å²) in [6.07, 6.45) is 0. The second kappa shape index (κ2) is 8.82. The first kappa shape index (κ1) is 20.5. The van der Waals surface area contributed by atoms with Gasteiger partial charge in [-0.05, 0) is 62.2 Å². The number of hydrogen-bond donors (Lipinski definition) is 1. The molecule has 0 aliphatic carbocycles. The van der Waals surface area contributed by atoms with Crippen molar-refractivity contribution in [2.24, 2.45) is 7.05 Å². The van der Waals surface area contributed by atoms with Crippen LogP contribution in [0.25, 0.3) is 0 Å². The van der Waals surface area contributed by atoms with Gasteiger partial charge in [-0.1, -0.05) is 12.1 Å². The molecule has 0 unspecified atom stereocenters. The molecule has 1 aromatic heterocycles. The SMILES string of the molecule is COc1ccc(C(=O)NCc2cc(C)n(C)n2)cc1COc1cc(C)ccc1C. The van der Waals surface area contributed by atoms with Crippen molar-refractivity contribution in [3.63, 3.8) is 0 Å². The topological polar surface area (TPSA) is 65.4 Å². The van der Waals surface area contributed by atoms with Crippen LogP contribution in [0.3, 0.4) is 0 Å². The molecule has 152 valence electrons. The summed E-state index contributed by atoms with van der Waals surface area (Å²) in [7, 11) is 3.49. The lowest BCUT2D eigenvalue weighted by atomic mass is 10.1. The van der Waals surface area contributed by atoms with E-state index in [0.29, 0.717) is 24.5 Å². The van der Waals surface area contributed by atoms with Crippen LogP contribution in [-0.4, -0.2) is 22.8 Å². The van der Waals surface area contributed by atoms with Crippen LogP contribution in [0.15, 0.2) is 42.5 Å². The number of amides is 1. The summed E-state index contributed by atoms with van der Waals surface area (Å²) in [6.45, 7) is 6.70. The number of benzene rings is 2. The number of aromatic nitrogens is 2. The fraction of sp³-hybridized carbons (Fsp3) is 0.304. The molecule has 0 fully saturated rings. The van der Waals surface area contributed by atoms with E-state index in [4.69, 9.17) is 9.47 Å². The van der Waals surface area contributed by atoms with E-state index < -0.39 is 0 Å². The lowest BCUT2D eigenvalue weighted by molar-refractivity contribution is 0.0950. The number of carbonyl (C=O) groups excluding carboxylic acids is 1. The lowest BCUT2D eigenvalue weighted by Crippen LogP contribution is -2.23. The Hall–Kier alpha value is -3.28. The smallest absolute Gasteiger partial charge is 0.251 e. The van der Waals surface area contributed by atoms with Gasteiger partial charge in [0.1, 0.15) is 18.1 Å². The van der Waals surface area contributed by atoms with Crippen molar-refractivity contribution in [2.45, 2.75) is 33.9 Å². The molecular weight excluding hydrogens is 366 g/mol. The highest BCUT2D eigenvalue weighted by molar-refractivity contribution is 5.94. The first-order chi connectivity index (χ1) is 13.9. The van der Waals surface area contributed by atoms with Gasteiger partial charge in [-0.25, -0.2) is 0 Å². The molecule has 6 nitrogen and oxygen atoms in total. The molecule has 1 N–H and O–H groups in total. The van der Waals surface area contributed by atoms with Crippen LogP contribution in [0, 0.1) is 20.8 Å². The second-order valence-electron chi connectivity index (χ2n) is 7.17. The van der Waals surface area contributed by atoms with E-state index in [1.807, 2.05) is 52.1 Å². The number of rotatable bonds is 7. The monoisotopic (exact) mass is 393 g/mol. The summed E-state index contributed by atoms with van der Waals surface area (Å²) in [6, 6.07) is 13.4. The Balaban J connectivity index is 1.71. The molecule has 1 heterocycles. The predicted octanol–water partition coefficient (Wildman–Crippen LogP) is 3.86. The summed E-state index contributed by atoms with van der Waals surface area (Å²) in [4.78, 5) is 12.6. The number of hydrogen-bond acceptors (Lipinski definition) is 4. The first-order valence-corrected chi connectivity index (χ1v) is 9.52. The summed E-state index contributed by atoms with van der Waals surface area (Å²) in [5.74, 6) is 1.35. The van der Waals surface area contributed by atoms with Crippen molar-refractivity contribution in [1.82, 2.24) is 15.1 Å². The zero-order chi connectivity index (χ0) is 21.0. The van der Waals surface area contributed by atoms with Gasteiger partial charge in [0.15, 0.2) is 0 Å². The van der Waals surface area contributed by atoms with Crippen LogP contribution in [-0.2, 0) is 20.2 Å². The molecular formula is C23H27N3O3. The molecule has 6 heteroatoms. The maximum atomic E-state index is 12.6. The van der Waals surface area contributed by atoms with E-state index in [1.165, 1.54) is 0 Å². The van der Waals surface area contributed by atoms with Gasteiger partial charge < -0.3 is 14.8 Å². The fourth-order valence-electron chi connectivity index (χ4n) is 3.05. The Labute approximate surface area is 171 Å². The third-order valence-electron chi connectivity index (χ3n) is 4.86. The number of carbonyl (C=O) groups is 1. The third-order valence-corrected chi connectivity index (χ3v) is 4.86. The lowest BCUT2D eigenvalue weighted by Gasteiger charge is -2.14. The summed E-state index contributed by atoms with van der Waals surface area (Å²) in [5, 5.41) is 7.28. The average Bonchev–Trinajstić information content (AvgIpc) is 3.04. The average molecular weight is 393 g/mol. The van der Waals surface area contributed by atoms with Gasteiger partial charge in [0, 0.05) is 23.9 Å². The highest BCUT2D eigenvalue weighted by atomic mass is 16.5. The Kier molecular flexibility index (Phi) is 6.22. The van der Waals surface area contributed by atoms with E-state index in [2.05, 4.69) is 16.5 Å². The summed E-state index contributed by atoms with van der Waals surface area (Å²) in [5.41, 5.74) is 5.44. The largest absolute Gasteiger partial charge is 0.496 e. The van der Waals surface area contributed by atoms with Gasteiger partial charge in [-0.2, -0.15) is 5.10 Å². The van der Waals surface area contributed by atoms with Crippen LogP contribution < -0.4 is 14.8 Å². The molecule has 0 aliphatic rings. The Morgan fingerprint density at radius 2 is 1.86 bits per heavy atom.